The van der Waals surface area contributed by atoms with Crippen LogP contribution in [0.5, 0.6) is 0 Å². The summed E-state index contributed by atoms with van der Waals surface area (Å²) in [4.78, 5) is 10.5. The molecule has 3 atom stereocenters. The second kappa shape index (κ2) is 7.55. The van der Waals surface area contributed by atoms with E-state index in [-0.39, 0.29) is 16.7 Å². The van der Waals surface area contributed by atoms with Crippen LogP contribution in [-0.2, 0) is 0 Å². The molecule has 0 saturated heterocycles. The van der Waals surface area contributed by atoms with E-state index in [0.717, 1.165) is 23.9 Å². The molecule has 0 aliphatic heterocycles. The molecule has 1 N–H and O–H groups in total. The quantitative estimate of drug-likeness (QED) is 0.621. The summed E-state index contributed by atoms with van der Waals surface area (Å²) in [5.74, 6) is 1.72. The number of hydrogen-bond acceptors (Lipinski definition) is 3. The van der Waals surface area contributed by atoms with Crippen LogP contribution in [0.4, 0.5) is 5.69 Å². The van der Waals surface area contributed by atoms with Gasteiger partial charge in [0.2, 0.25) is 0 Å². The van der Waals surface area contributed by atoms with Crippen molar-refractivity contribution in [3.63, 3.8) is 0 Å². The Labute approximate surface area is 127 Å². The summed E-state index contributed by atoms with van der Waals surface area (Å²) >= 11 is 0. The molecule has 0 bridgehead atoms. The highest BCUT2D eigenvalue weighted by molar-refractivity contribution is 5.35. The van der Waals surface area contributed by atoms with Crippen LogP contribution >= 0.6 is 0 Å². The van der Waals surface area contributed by atoms with Gasteiger partial charge in [-0.05, 0) is 43.7 Å². The molecule has 0 aromatic heterocycles. The van der Waals surface area contributed by atoms with E-state index in [4.69, 9.17) is 0 Å². The third-order valence-corrected chi connectivity index (χ3v) is 4.63. The number of nitro groups is 1. The molecular weight excluding hydrogens is 264 g/mol. The number of non-ortho nitro benzene ring substituents is 1. The predicted octanol–water partition coefficient (Wildman–Crippen LogP) is 4.46. The Balaban J connectivity index is 1.80. The molecule has 4 heteroatoms. The second-order valence-corrected chi connectivity index (χ2v) is 6.45. The Morgan fingerprint density at radius 2 is 2.24 bits per heavy atom. The molecule has 1 saturated carbocycles. The van der Waals surface area contributed by atoms with Gasteiger partial charge in [-0.25, -0.2) is 0 Å². The van der Waals surface area contributed by atoms with Crippen molar-refractivity contribution in [2.75, 3.05) is 6.54 Å². The van der Waals surface area contributed by atoms with Gasteiger partial charge in [-0.15, -0.1) is 0 Å². The highest BCUT2D eigenvalue weighted by atomic mass is 16.6. The highest BCUT2D eigenvalue weighted by Crippen LogP contribution is 2.30. The molecule has 116 valence electrons. The van der Waals surface area contributed by atoms with E-state index in [9.17, 15) is 10.1 Å². The number of nitrogens with one attached hydrogen (secondary N) is 1. The van der Waals surface area contributed by atoms with Crippen molar-refractivity contribution in [2.24, 2.45) is 11.8 Å². The Hall–Kier alpha value is -1.42. The molecular formula is C17H26N2O2. The van der Waals surface area contributed by atoms with Gasteiger partial charge in [0, 0.05) is 18.2 Å². The van der Waals surface area contributed by atoms with Crippen molar-refractivity contribution in [2.45, 2.75) is 52.0 Å². The number of hydrogen-bond donors (Lipinski definition) is 1. The van der Waals surface area contributed by atoms with Gasteiger partial charge in [0.1, 0.15) is 0 Å². The average Bonchev–Trinajstić information content (AvgIpc) is 2.47. The molecule has 21 heavy (non-hydrogen) atoms. The largest absolute Gasteiger partial charge is 0.310 e. The van der Waals surface area contributed by atoms with Crippen molar-refractivity contribution in [1.29, 1.82) is 0 Å². The van der Waals surface area contributed by atoms with Gasteiger partial charge in [-0.3, -0.25) is 10.1 Å². The van der Waals surface area contributed by atoms with Gasteiger partial charge in [0.25, 0.3) is 5.69 Å². The zero-order chi connectivity index (χ0) is 15.2. The normalized spacial score (nSPS) is 23.7. The van der Waals surface area contributed by atoms with Crippen LogP contribution in [0.25, 0.3) is 0 Å². The summed E-state index contributed by atoms with van der Waals surface area (Å²) in [6, 6.07) is 7.08. The summed E-state index contributed by atoms with van der Waals surface area (Å²) in [5.41, 5.74) is 1.16. The highest BCUT2D eigenvalue weighted by Gasteiger charge is 2.18. The topological polar surface area (TPSA) is 55.2 Å². The third-order valence-electron chi connectivity index (χ3n) is 4.63. The molecule has 1 aromatic carbocycles. The molecule has 1 aliphatic carbocycles. The van der Waals surface area contributed by atoms with Crippen LogP contribution in [0.1, 0.15) is 57.6 Å². The summed E-state index contributed by atoms with van der Waals surface area (Å²) in [5, 5.41) is 14.3. The first-order chi connectivity index (χ1) is 10.1. The zero-order valence-corrected chi connectivity index (χ0v) is 13.0. The third kappa shape index (κ3) is 4.81. The second-order valence-electron chi connectivity index (χ2n) is 6.45. The summed E-state index contributed by atoms with van der Waals surface area (Å²) in [6.07, 6.45) is 6.67. The minimum atomic E-state index is -0.334. The van der Waals surface area contributed by atoms with Crippen molar-refractivity contribution in [3.8, 4) is 0 Å². The first-order valence-corrected chi connectivity index (χ1v) is 8.04. The van der Waals surface area contributed by atoms with E-state index in [1.54, 1.807) is 18.2 Å². The van der Waals surface area contributed by atoms with Gasteiger partial charge < -0.3 is 5.32 Å². The fourth-order valence-corrected chi connectivity index (χ4v) is 3.35. The molecule has 1 aromatic rings. The number of rotatable bonds is 6. The smallest absolute Gasteiger partial charge is 0.269 e. The van der Waals surface area contributed by atoms with Gasteiger partial charge in [-0.2, -0.15) is 0 Å². The molecule has 0 radical (unpaired) electrons. The Morgan fingerprint density at radius 1 is 1.43 bits per heavy atom. The number of nitro benzene ring substituents is 1. The minimum Gasteiger partial charge on any atom is -0.310 e. The fraction of sp³-hybridized carbons (Fsp3) is 0.647. The fourth-order valence-electron chi connectivity index (χ4n) is 3.35. The van der Waals surface area contributed by atoms with Crippen LogP contribution in [0, 0.1) is 22.0 Å². The maximum Gasteiger partial charge on any atom is 0.269 e. The van der Waals surface area contributed by atoms with Crippen LogP contribution < -0.4 is 5.32 Å². The van der Waals surface area contributed by atoms with E-state index in [1.165, 1.54) is 32.1 Å². The Kier molecular flexibility index (Phi) is 5.74. The maximum absolute atomic E-state index is 10.8. The van der Waals surface area contributed by atoms with Crippen molar-refractivity contribution in [1.82, 2.24) is 5.32 Å². The summed E-state index contributed by atoms with van der Waals surface area (Å²) in [6.45, 7) is 5.41. The molecule has 3 unspecified atom stereocenters. The molecule has 0 spiro atoms. The van der Waals surface area contributed by atoms with Gasteiger partial charge >= 0.3 is 0 Å². The maximum atomic E-state index is 10.8. The zero-order valence-electron chi connectivity index (χ0n) is 13.0. The summed E-state index contributed by atoms with van der Waals surface area (Å²) in [7, 11) is 0. The number of nitrogens with zero attached hydrogens (tertiary/aromatic N) is 1. The first-order valence-electron chi connectivity index (χ1n) is 8.04. The van der Waals surface area contributed by atoms with Crippen LogP contribution in [0.3, 0.4) is 0 Å². The lowest BCUT2D eigenvalue weighted by Gasteiger charge is -2.27. The minimum absolute atomic E-state index is 0.158. The van der Waals surface area contributed by atoms with E-state index in [2.05, 4.69) is 19.2 Å². The Morgan fingerprint density at radius 3 is 2.95 bits per heavy atom. The van der Waals surface area contributed by atoms with Gasteiger partial charge in [0.15, 0.2) is 0 Å². The lowest BCUT2D eigenvalue weighted by molar-refractivity contribution is -0.384. The number of benzene rings is 1. The monoisotopic (exact) mass is 290 g/mol. The Bertz CT molecular complexity index is 476. The molecule has 2 rings (SSSR count). The van der Waals surface area contributed by atoms with E-state index in [1.807, 2.05) is 6.07 Å². The van der Waals surface area contributed by atoms with E-state index < -0.39 is 0 Å². The molecule has 4 nitrogen and oxygen atoms in total. The standard InChI is InChI=1S/C17H26N2O2/c1-13-5-3-6-15(11-13)9-10-18-14(2)16-7-4-8-17(12-16)19(20)21/h4,7-8,12-15,18H,3,5-6,9-11H2,1-2H3. The van der Waals surface area contributed by atoms with Crippen molar-refractivity contribution in [3.05, 3.63) is 39.9 Å². The molecule has 1 fully saturated rings. The van der Waals surface area contributed by atoms with Crippen molar-refractivity contribution < 1.29 is 4.92 Å². The average molecular weight is 290 g/mol. The van der Waals surface area contributed by atoms with Crippen LogP contribution in [0.15, 0.2) is 24.3 Å². The van der Waals surface area contributed by atoms with Gasteiger partial charge in [0.05, 0.1) is 4.92 Å². The summed E-state index contributed by atoms with van der Waals surface area (Å²) < 4.78 is 0. The SMILES string of the molecule is CC1CCCC(CCNC(C)c2cccc([N+](=O)[O-])c2)C1. The predicted molar refractivity (Wildman–Crippen MR) is 85.3 cm³/mol. The van der Waals surface area contributed by atoms with Crippen LogP contribution in [0.2, 0.25) is 0 Å². The lowest BCUT2D eigenvalue weighted by Crippen LogP contribution is -2.23. The van der Waals surface area contributed by atoms with E-state index >= 15 is 0 Å². The van der Waals surface area contributed by atoms with E-state index in [0.29, 0.717) is 0 Å². The first kappa shape index (κ1) is 16.0. The molecule has 0 amide bonds. The van der Waals surface area contributed by atoms with Gasteiger partial charge in [-0.1, -0.05) is 38.3 Å². The lowest BCUT2D eigenvalue weighted by atomic mass is 9.81. The molecule has 0 heterocycles. The molecule has 1 aliphatic rings. The van der Waals surface area contributed by atoms with Crippen molar-refractivity contribution >= 4 is 5.69 Å². The van der Waals surface area contributed by atoms with Crippen LogP contribution in [-0.4, -0.2) is 11.5 Å².